The SMILES string of the molecule is C[C@@H]1CC[C@H]2C(=O)N(c3ccc(OC(=O)c4cccs4)cc3)C(=O)[C@H]2C1. The molecule has 0 spiro atoms. The fourth-order valence-electron chi connectivity index (χ4n) is 3.86. The van der Waals surface area contributed by atoms with E-state index in [2.05, 4.69) is 6.92 Å². The minimum Gasteiger partial charge on any atom is -0.422 e. The maximum Gasteiger partial charge on any atom is 0.353 e. The predicted molar refractivity (Wildman–Crippen MR) is 98.2 cm³/mol. The van der Waals surface area contributed by atoms with Crippen LogP contribution in [0.5, 0.6) is 5.75 Å². The second-order valence-corrected chi connectivity index (χ2v) is 7.95. The number of carbonyl (C=O) groups is 3. The third kappa shape index (κ3) is 2.94. The molecule has 1 aliphatic heterocycles. The molecule has 0 radical (unpaired) electrons. The van der Waals surface area contributed by atoms with Crippen LogP contribution in [-0.2, 0) is 9.59 Å². The molecule has 0 unspecified atom stereocenters. The molecule has 2 aromatic rings. The van der Waals surface area contributed by atoms with Crippen LogP contribution in [-0.4, -0.2) is 17.8 Å². The molecule has 0 N–H and O–H groups in total. The van der Waals surface area contributed by atoms with Crippen molar-refractivity contribution in [2.45, 2.75) is 26.2 Å². The molecule has 2 amide bonds. The number of thiophene rings is 1. The first-order valence-electron chi connectivity index (χ1n) is 8.78. The summed E-state index contributed by atoms with van der Waals surface area (Å²) in [7, 11) is 0. The zero-order valence-electron chi connectivity index (χ0n) is 14.4. The third-order valence-electron chi connectivity index (χ3n) is 5.22. The van der Waals surface area contributed by atoms with E-state index in [9.17, 15) is 14.4 Å². The van der Waals surface area contributed by atoms with Crippen molar-refractivity contribution in [3.63, 3.8) is 0 Å². The number of hydrogen-bond donors (Lipinski definition) is 0. The first-order chi connectivity index (χ1) is 12.5. The van der Waals surface area contributed by atoms with Gasteiger partial charge in [-0.3, -0.25) is 14.5 Å². The molecule has 1 aliphatic carbocycles. The second-order valence-electron chi connectivity index (χ2n) is 7.00. The highest BCUT2D eigenvalue weighted by Crippen LogP contribution is 2.42. The van der Waals surface area contributed by atoms with E-state index in [1.165, 1.54) is 16.2 Å². The molecular weight excluding hydrogens is 350 g/mol. The average Bonchev–Trinajstić information content (AvgIpc) is 3.24. The summed E-state index contributed by atoms with van der Waals surface area (Å²) < 4.78 is 5.32. The highest BCUT2D eigenvalue weighted by atomic mass is 32.1. The standard InChI is InChI=1S/C20H19NO4S/c1-12-4-9-15-16(11-12)19(23)21(18(15)22)13-5-7-14(8-6-13)25-20(24)17-3-2-10-26-17/h2-3,5-8,10,12,15-16H,4,9,11H2,1H3/t12-,15-,16+/m1/s1. The minimum atomic E-state index is -0.416. The molecule has 2 fully saturated rings. The monoisotopic (exact) mass is 369 g/mol. The smallest absolute Gasteiger partial charge is 0.353 e. The van der Waals surface area contributed by atoms with Crippen molar-refractivity contribution < 1.29 is 19.1 Å². The van der Waals surface area contributed by atoms with Crippen LogP contribution in [0.25, 0.3) is 0 Å². The number of esters is 1. The second kappa shape index (κ2) is 6.68. The van der Waals surface area contributed by atoms with Crippen molar-refractivity contribution >= 4 is 34.8 Å². The fraction of sp³-hybridized carbons (Fsp3) is 0.350. The molecule has 0 bridgehead atoms. The number of hydrogen-bond acceptors (Lipinski definition) is 5. The topological polar surface area (TPSA) is 63.7 Å². The summed E-state index contributed by atoms with van der Waals surface area (Å²) in [4.78, 5) is 39.3. The molecule has 4 rings (SSSR count). The summed E-state index contributed by atoms with van der Waals surface area (Å²) in [5, 5.41) is 1.81. The summed E-state index contributed by atoms with van der Waals surface area (Å²) in [6, 6.07) is 10.0. The molecule has 134 valence electrons. The van der Waals surface area contributed by atoms with Crippen LogP contribution < -0.4 is 9.64 Å². The Balaban J connectivity index is 1.51. The van der Waals surface area contributed by atoms with E-state index in [0.717, 1.165) is 19.3 Å². The van der Waals surface area contributed by atoms with Gasteiger partial charge in [-0.15, -0.1) is 11.3 Å². The number of amides is 2. The molecule has 2 aliphatic rings. The maximum absolute atomic E-state index is 12.7. The number of rotatable bonds is 3. The van der Waals surface area contributed by atoms with Gasteiger partial charge in [-0.05, 0) is 60.9 Å². The molecule has 1 aromatic heterocycles. The number of nitrogens with zero attached hydrogens (tertiary/aromatic N) is 1. The predicted octanol–water partition coefficient (Wildman–Crippen LogP) is 3.89. The lowest BCUT2D eigenvalue weighted by Gasteiger charge is -2.25. The number of ether oxygens (including phenoxy) is 1. The van der Waals surface area contributed by atoms with Crippen LogP contribution in [0.4, 0.5) is 5.69 Å². The largest absolute Gasteiger partial charge is 0.422 e. The van der Waals surface area contributed by atoms with Gasteiger partial charge in [-0.2, -0.15) is 0 Å². The minimum absolute atomic E-state index is 0.102. The summed E-state index contributed by atoms with van der Waals surface area (Å²) in [5.41, 5.74) is 0.540. The Morgan fingerprint density at radius 2 is 1.81 bits per heavy atom. The average molecular weight is 369 g/mol. The van der Waals surface area contributed by atoms with Gasteiger partial charge < -0.3 is 4.74 Å². The van der Waals surface area contributed by atoms with Gasteiger partial charge in [0.05, 0.1) is 17.5 Å². The van der Waals surface area contributed by atoms with Crippen LogP contribution in [0.15, 0.2) is 41.8 Å². The van der Waals surface area contributed by atoms with Crippen LogP contribution in [0.1, 0.15) is 35.9 Å². The van der Waals surface area contributed by atoms with Gasteiger partial charge in [0.25, 0.3) is 0 Å². The van der Waals surface area contributed by atoms with Gasteiger partial charge >= 0.3 is 5.97 Å². The number of benzene rings is 1. The Kier molecular flexibility index (Phi) is 4.36. The Bertz CT molecular complexity index is 843. The molecule has 2 heterocycles. The van der Waals surface area contributed by atoms with Gasteiger partial charge in [0.2, 0.25) is 11.8 Å². The van der Waals surface area contributed by atoms with Gasteiger partial charge in [0.15, 0.2) is 0 Å². The van der Waals surface area contributed by atoms with Crippen LogP contribution in [0, 0.1) is 17.8 Å². The van der Waals surface area contributed by atoms with Gasteiger partial charge in [0, 0.05) is 0 Å². The van der Waals surface area contributed by atoms with Crippen molar-refractivity contribution in [3.8, 4) is 5.75 Å². The van der Waals surface area contributed by atoms with E-state index >= 15 is 0 Å². The molecule has 1 saturated heterocycles. The lowest BCUT2D eigenvalue weighted by atomic mass is 9.76. The van der Waals surface area contributed by atoms with Crippen molar-refractivity contribution in [1.29, 1.82) is 0 Å². The van der Waals surface area contributed by atoms with Crippen molar-refractivity contribution in [2.24, 2.45) is 17.8 Å². The first-order valence-corrected chi connectivity index (χ1v) is 9.66. The molecule has 6 heteroatoms. The zero-order valence-corrected chi connectivity index (χ0v) is 15.2. The fourth-order valence-corrected chi connectivity index (χ4v) is 4.46. The summed E-state index contributed by atoms with van der Waals surface area (Å²) >= 11 is 1.31. The summed E-state index contributed by atoms with van der Waals surface area (Å²) in [5.74, 6) is -0.131. The Morgan fingerprint density at radius 3 is 2.50 bits per heavy atom. The number of imide groups is 1. The normalized spacial score (nSPS) is 25.3. The lowest BCUT2D eigenvalue weighted by molar-refractivity contribution is -0.122. The molecule has 5 nitrogen and oxygen atoms in total. The number of anilines is 1. The summed E-state index contributed by atoms with van der Waals surface area (Å²) in [6.45, 7) is 2.13. The molecular formula is C20H19NO4S. The Labute approximate surface area is 155 Å². The third-order valence-corrected chi connectivity index (χ3v) is 6.07. The Morgan fingerprint density at radius 1 is 1.08 bits per heavy atom. The molecule has 26 heavy (non-hydrogen) atoms. The first kappa shape index (κ1) is 17.0. The van der Waals surface area contributed by atoms with Crippen LogP contribution in [0.3, 0.4) is 0 Å². The van der Waals surface area contributed by atoms with E-state index in [0.29, 0.717) is 22.2 Å². The lowest BCUT2D eigenvalue weighted by Crippen LogP contribution is -2.30. The maximum atomic E-state index is 12.7. The van der Waals surface area contributed by atoms with E-state index in [-0.39, 0.29) is 23.7 Å². The van der Waals surface area contributed by atoms with Crippen molar-refractivity contribution in [1.82, 2.24) is 0 Å². The van der Waals surface area contributed by atoms with Gasteiger partial charge in [0.1, 0.15) is 10.6 Å². The zero-order chi connectivity index (χ0) is 18.3. The van der Waals surface area contributed by atoms with E-state index in [1.54, 1.807) is 36.4 Å². The van der Waals surface area contributed by atoms with Crippen molar-refractivity contribution in [2.75, 3.05) is 4.90 Å². The van der Waals surface area contributed by atoms with Crippen LogP contribution in [0.2, 0.25) is 0 Å². The molecule has 3 atom stereocenters. The van der Waals surface area contributed by atoms with E-state index in [1.807, 2.05) is 5.38 Å². The summed E-state index contributed by atoms with van der Waals surface area (Å²) in [6.07, 6.45) is 2.55. The molecule has 1 saturated carbocycles. The van der Waals surface area contributed by atoms with Gasteiger partial charge in [-0.1, -0.05) is 13.0 Å². The van der Waals surface area contributed by atoms with Gasteiger partial charge in [-0.25, -0.2) is 4.79 Å². The Hall–Kier alpha value is -2.47. The highest BCUT2D eigenvalue weighted by Gasteiger charge is 2.49. The van der Waals surface area contributed by atoms with E-state index < -0.39 is 5.97 Å². The highest BCUT2D eigenvalue weighted by molar-refractivity contribution is 7.12. The molecule has 1 aromatic carbocycles. The quantitative estimate of drug-likeness (QED) is 0.468. The van der Waals surface area contributed by atoms with Crippen molar-refractivity contribution in [3.05, 3.63) is 46.7 Å². The number of carbonyl (C=O) groups excluding carboxylic acids is 3. The van der Waals surface area contributed by atoms with E-state index in [4.69, 9.17) is 4.74 Å². The van der Waals surface area contributed by atoms with Crippen LogP contribution >= 0.6 is 11.3 Å². The number of fused-ring (bicyclic) bond motifs is 1.